The molecule has 3 aromatic heterocycles. The van der Waals surface area contributed by atoms with Crippen molar-refractivity contribution in [3.8, 4) is 22.9 Å². The minimum Gasteiger partial charge on any atom is -0.505 e. The lowest BCUT2D eigenvalue weighted by atomic mass is 10.1. The number of benzene rings is 1. The quantitative estimate of drug-likeness (QED) is 0.338. The van der Waals surface area contributed by atoms with Crippen LogP contribution in [-0.4, -0.2) is 43.1 Å². The SMILES string of the molecule is CCCC(F)Cn1ccc2cc(-c3ncc(OC)cn3)c(F)c(F)c2c1=O.O=c1[nH]ncc(O)c1C(F)(F)F. The number of methoxy groups -OCH3 is 1. The molecule has 3 heterocycles. The van der Waals surface area contributed by atoms with Crippen LogP contribution in [0.2, 0.25) is 0 Å². The van der Waals surface area contributed by atoms with Crippen molar-refractivity contribution in [3.63, 3.8) is 0 Å². The highest BCUT2D eigenvalue weighted by Crippen LogP contribution is 2.31. The van der Waals surface area contributed by atoms with Gasteiger partial charge in [0, 0.05) is 6.20 Å². The van der Waals surface area contributed by atoms with Crippen LogP contribution in [0.15, 0.2) is 46.5 Å². The normalized spacial score (nSPS) is 12.1. The molecule has 0 fully saturated rings. The van der Waals surface area contributed by atoms with Gasteiger partial charge in [-0.3, -0.25) is 9.59 Å². The summed E-state index contributed by atoms with van der Waals surface area (Å²) in [6.07, 6.45) is -0.626. The average molecular weight is 557 g/mol. The highest BCUT2D eigenvalue weighted by molar-refractivity contribution is 5.86. The van der Waals surface area contributed by atoms with Crippen molar-refractivity contribution in [3.05, 3.63) is 74.8 Å². The van der Waals surface area contributed by atoms with E-state index < -0.39 is 51.8 Å². The Morgan fingerprint density at radius 3 is 2.33 bits per heavy atom. The van der Waals surface area contributed by atoms with Crippen molar-refractivity contribution in [2.45, 2.75) is 38.7 Å². The van der Waals surface area contributed by atoms with E-state index >= 15 is 0 Å². The molecule has 0 spiro atoms. The third-order valence-electron chi connectivity index (χ3n) is 5.37. The number of alkyl halides is 4. The number of H-pyrrole nitrogens is 1. The molecule has 0 amide bonds. The lowest BCUT2D eigenvalue weighted by Gasteiger charge is -2.12. The largest absolute Gasteiger partial charge is 0.505 e. The Hall–Kier alpha value is -4.43. The Morgan fingerprint density at radius 2 is 1.79 bits per heavy atom. The highest BCUT2D eigenvalue weighted by atomic mass is 19.4. The van der Waals surface area contributed by atoms with Gasteiger partial charge in [-0.2, -0.15) is 18.3 Å². The molecule has 4 rings (SSSR count). The van der Waals surface area contributed by atoms with E-state index in [0.29, 0.717) is 18.4 Å². The molecule has 0 saturated carbocycles. The summed E-state index contributed by atoms with van der Waals surface area (Å²) in [6.45, 7) is 1.63. The van der Waals surface area contributed by atoms with Crippen molar-refractivity contribution in [2.24, 2.45) is 0 Å². The molecule has 0 aliphatic heterocycles. The number of nitrogens with zero attached hydrogens (tertiary/aromatic N) is 4. The van der Waals surface area contributed by atoms with Crippen LogP contribution in [0.3, 0.4) is 0 Å². The Kier molecular flexibility index (Phi) is 8.93. The molecule has 9 nitrogen and oxygen atoms in total. The summed E-state index contributed by atoms with van der Waals surface area (Å²) in [5.74, 6) is -3.37. The number of hydrogen-bond acceptors (Lipinski definition) is 7. The number of halogens is 6. The molecular weight excluding hydrogens is 536 g/mol. The summed E-state index contributed by atoms with van der Waals surface area (Å²) in [6, 6.07) is 2.76. The van der Waals surface area contributed by atoms with Crippen LogP contribution in [-0.2, 0) is 12.7 Å². The molecular formula is C24H21F6N5O4. The molecule has 39 heavy (non-hydrogen) atoms. The second-order valence-electron chi connectivity index (χ2n) is 8.08. The molecule has 0 saturated heterocycles. The second-order valence-corrected chi connectivity index (χ2v) is 8.08. The van der Waals surface area contributed by atoms with Crippen LogP contribution in [0, 0.1) is 11.6 Å². The first-order chi connectivity index (χ1) is 18.4. The average Bonchev–Trinajstić information content (AvgIpc) is 2.87. The number of ether oxygens (including phenoxy) is 1. The maximum atomic E-state index is 14.7. The standard InChI is InChI=1S/C19H18F3N3O2.C5H3F3N2O2/c1-3-4-12(20)10-25-6-5-11-7-14(16(21)17(22)15(11)19(25)26)18-23-8-13(27-2)9-24-18;6-5(7,8)3-2(11)1-9-10-4(3)12/h5-9,12H,3-4,10H2,1-2H3;1H,(H2,10,11,12). The first-order valence-electron chi connectivity index (χ1n) is 11.2. The Labute approximate surface area is 215 Å². The minimum absolute atomic E-state index is 0.0370. The van der Waals surface area contributed by atoms with E-state index in [4.69, 9.17) is 9.84 Å². The molecule has 1 aromatic carbocycles. The fraction of sp³-hybridized carbons (Fsp3) is 0.292. The third-order valence-corrected chi connectivity index (χ3v) is 5.37. The van der Waals surface area contributed by atoms with Crippen molar-refractivity contribution in [2.75, 3.05) is 7.11 Å². The summed E-state index contributed by atoms with van der Waals surface area (Å²) in [4.78, 5) is 30.9. The molecule has 2 N–H and O–H groups in total. The zero-order valence-electron chi connectivity index (χ0n) is 20.4. The summed E-state index contributed by atoms with van der Waals surface area (Å²) >= 11 is 0. The maximum Gasteiger partial charge on any atom is 0.425 e. The van der Waals surface area contributed by atoms with E-state index in [0.717, 1.165) is 4.57 Å². The maximum absolute atomic E-state index is 14.7. The van der Waals surface area contributed by atoms with E-state index in [1.807, 2.05) is 6.92 Å². The summed E-state index contributed by atoms with van der Waals surface area (Å²) < 4.78 is 84.8. The zero-order valence-corrected chi connectivity index (χ0v) is 20.4. The molecule has 15 heteroatoms. The molecule has 1 atom stereocenters. The number of aromatic amines is 1. The van der Waals surface area contributed by atoms with E-state index in [9.17, 15) is 35.9 Å². The Morgan fingerprint density at radius 1 is 1.13 bits per heavy atom. The molecule has 4 aromatic rings. The van der Waals surface area contributed by atoms with Crippen LogP contribution in [0.5, 0.6) is 11.5 Å². The van der Waals surface area contributed by atoms with Crippen molar-refractivity contribution < 1.29 is 36.2 Å². The van der Waals surface area contributed by atoms with Gasteiger partial charge < -0.3 is 14.4 Å². The fourth-order valence-corrected chi connectivity index (χ4v) is 3.52. The van der Waals surface area contributed by atoms with Gasteiger partial charge in [-0.15, -0.1) is 0 Å². The predicted octanol–water partition coefficient (Wildman–Crippen LogP) is 4.38. The van der Waals surface area contributed by atoms with Gasteiger partial charge in [0.25, 0.3) is 11.1 Å². The van der Waals surface area contributed by atoms with Crippen LogP contribution in [0.1, 0.15) is 25.3 Å². The monoisotopic (exact) mass is 557 g/mol. The van der Waals surface area contributed by atoms with E-state index in [-0.39, 0.29) is 29.7 Å². The Bertz CT molecular complexity index is 1570. The number of fused-ring (bicyclic) bond motifs is 1. The van der Waals surface area contributed by atoms with E-state index in [1.165, 1.54) is 37.8 Å². The first kappa shape index (κ1) is 29.1. The van der Waals surface area contributed by atoms with Crippen molar-refractivity contribution >= 4 is 10.8 Å². The highest BCUT2D eigenvalue weighted by Gasteiger charge is 2.37. The molecule has 0 bridgehead atoms. The number of nitrogens with one attached hydrogen (secondary N) is 1. The van der Waals surface area contributed by atoms with Gasteiger partial charge in [-0.1, -0.05) is 13.3 Å². The lowest BCUT2D eigenvalue weighted by molar-refractivity contribution is -0.140. The van der Waals surface area contributed by atoms with E-state index in [2.05, 4.69) is 15.1 Å². The molecule has 0 aliphatic carbocycles. The van der Waals surface area contributed by atoms with Crippen molar-refractivity contribution in [1.29, 1.82) is 0 Å². The Balaban J connectivity index is 0.000000293. The van der Waals surface area contributed by atoms with Gasteiger partial charge >= 0.3 is 6.18 Å². The van der Waals surface area contributed by atoms with Crippen molar-refractivity contribution in [1.82, 2.24) is 24.7 Å². The molecule has 0 aliphatic rings. The number of aromatic hydroxyl groups is 1. The number of rotatable bonds is 6. The van der Waals surface area contributed by atoms with Crippen LogP contribution < -0.4 is 15.9 Å². The third kappa shape index (κ3) is 6.53. The molecule has 1 unspecified atom stereocenters. The van der Waals surface area contributed by atoms with Gasteiger partial charge in [-0.25, -0.2) is 28.2 Å². The van der Waals surface area contributed by atoms with Gasteiger partial charge in [0.05, 0.1) is 43.2 Å². The van der Waals surface area contributed by atoms with E-state index in [1.54, 1.807) is 5.10 Å². The zero-order chi connectivity index (χ0) is 28.9. The summed E-state index contributed by atoms with van der Waals surface area (Å²) in [7, 11) is 1.43. The summed E-state index contributed by atoms with van der Waals surface area (Å²) in [5, 5.41) is 12.9. The predicted molar refractivity (Wildman–Crippen MR) is 127 cm³/mol. The molecule has 208 valence electrons. The summed E-state index contributed by atoms with van der Waals surface area (Å²) in [5.41, 5.74) is -4.03. The van der Waals surface area contributed by atoms with Gasteiger partial charge in [-0.05, 0) is 23.9 Å². The number of hydrogen-bond donors (Lipinski definition) is 2. The van der Waals surface area contributed by atoms with Crippen LogP contribution >= 0.6 is 0 Å². The molecule has 0 radical (unpaired) electrons. The smallest absolute Gasteiger partial charge is 0.425 e. The number of pyridine rings is 1. The van der Waals surface area contributed by atoms with Gasteiger partial charge in [0.15, 0.2) is 34.5 Å². The van der Waals surface area contributed by atoms with Crippen LogP contribution in [0.4, 0.5) is 26.3 Å². The second kappa shape index (κ2) is 12.0. The van der Waals surface area contributed by atoms with Crippen LogP contribution in [0.25, 0.3) is 22.2 Å². The topological polar surface area (TPSA) is 123 Å². The minimum atomic E-state index is -4.86. The van der Waals surface area contributed by atoms with Gasteiger partial charge in [0.1, 0.15) is 6.17 Å². The first-order valence-corrected chi connectivity index (χ1v) is 11.2. The number of aromatic nitrogens is 5. The lowest BCUT2D eigenvalue weighted by Crippen LogP contribution is -2.25. The van der Waals surface area contributed by atoms with Gasteiger partial charge in [0.2, 0.25) is 0 Å². The fourth-order valence-electron chi connectivity index (χ4n) is 3.52.